The molecule has 0 aliphatic heterocycles. The van der Waals surface area contributed by atoms with Gasteiger partial charge in [-0.25, -0.2) is 8.42 Å². The minimum absolute atomic E-state index is 0.0878. The van der Waals surface area contributed by atoms with E-state index in [0.717, 1.165) is 31.4 Å². The van der Waals surface area contributed by atoms with Gasteiger partial charge >= 0.3 is 0 Å². The quantitative estimate of drug-likeness (QED) is 0.723. The molecule has 0 spiro atoms. The van der Waals surface area contributed by atoms with Crippen molar-refractivity contribution in [2.45, 2.75) is 50.0 Å². The molecule has 1 aliphatic rings. The van der Waals surface area contributed by atoms with Crippen molar-refractivity contribution in [2.24, 2.45) is 0 Å². The molecule has 0 aromatic heterocycles. The van der Waals surface area contributed by atoms with Gasteiger partial charge in [0.1, 0.15) is 0 Å². The molecule has 1 aliphatic carbocycles. The van der Waals surface area contributed by atoms with Gasteiger partial charge in [0.25, 0.3) is 9.05 Å². The van der Waals surface area contributed by atoms with Crippen molar-refractivity contribution in [2.75, 3.05) is 6.54 Å². The lowest BCUT2D eigenvalue weighted by Crippen LogP contribution is -2.33. The zero-order valence-corrected chi connectivity index (χ0v) is 13.7. The van der Waals surface area contributed by atoms with E-state index in [1.807, 2.05) is 4.90 Å². The first-order chi connectivity index (χ1) is 9.91. The largest absolute Gasteiger partial charge is 0.340 e. The lowest BCUT2D eigenvalue weighted by atomic mass is 10.1. The van der Waals surface area contributed by atoms with E-state index in [0.29, 0.717) is 18.9 Å². The third-order valence-corrected chi connectivity index (χ3v) is 4.97. The maximum absolute atomic E-state index is 12.2. The van der Waals surface area contributed by atoms with Gasteiger partial charge in [-0.3, -0.25) is 4.79 Å². The Balaban J connectivity index is 1.91. The van der Waals surface area contributed by atoms with Crippen molar-refractivity contribution >= 4 is 25.6 Å². The van der Waals surface area contributed by atoms with E-state index in [1.165, 1.54) is 12.1 Å². The zero-order chi connectivity index (χ0) is 15.5. The SMILES string of the molecule is CCCN(C(=O)CCc1ccc(S(=O)(=O)Cl)cc1)C1CC1. The van der Waals surface area contributed by atoms with Gasteiger partial charge in [0.2, 0.25) is 5.91 Å². The Hall–Kier alpha value is -1.07. The van der Waals surface area contributed by atoms with Crippen molar-refractivity contribution in [1.82, 2.24) is 4.90 Å². The number of carbonyl (C=O) groups excluding carboxylic acids is 1. The summed E-state index contributed by atoms with van der Waals surface area (Å²) in [6.07, 6.45) is 4.30. The second kappa shape index (κ2) is 6.79. The summed E-state index contributed by atoms with van der Waals surface area (Å²) in [6, 6.07) is 6.83. The second-order valence-corrected chi connectivity index (χ2v) is 7.97. The molecular formula is C15H20ClNO3S. The van der Waals surface area contributed by atoms with Crippen LogP contribution in [0.2, 0.25) is 0 Å². The van der Waals surface area contributed by atoms with Gasteiger partial charge in [-0.05, 0) is 43.4 Å². The van der Waals surface area contributed by atoms with Crippen LogP contribution >= 0.6 is 10.7 Å². The molecule has 4 nitrogen and oxygen atoms in total. The van der Waals surface area contributed by atoms with Crippen LogP contribution in [0, 0.1) is 0 Å². The summed E-state index contributed by atoms with van der Waals surface area (Å²) in [7, 11) is 1.59. The van der Waals surface area contributed by atoms with Crippen LogP contribution in [0.3, 0.4) is 0 Å². The van der Waals surface area contributed by atoms with E-state index in [-0.39, 0.29) is 10.8 Å². The van der Waals surface area contributed by atoms with Crippen molar-refractivity contribution in [3.63, 3.8) is 0 Å². The summed E-state index contributed by atoms with van der Waals surface area (Å²) in [5.74, 6) is 0.188. The average molecular weight is 330 g/mol. The van der Waals surface area contributed by atoms with Crippen LogP contribution in [0.4, 0.5) is 0 Å². The van der Waals surface area contributed by atoms with Crippen molar-refractivity contribution in [1.29, 1.82) is 0 Å². The lowest BCUT2D eigenvalue weighted by molar-refractivity contribution is -0.131. The molecule has 0 radical (unpaired) electrons. The molecule has 21 heavy (non-hydrogen) atoms. The number of amides is 1. The van der Waals surface area contributed by atoms with Crippen molar-refractivity contribution in [3.8, 4) is 0 Å². The molecule has 0 N–H and O–H groups in total. The molecule has 1 saturated carbocycles. The predicted molar refractivity (Wildman–Crippen MR) is 82.8 cm³/mol. The highest BCUT2D eigenvalue weighted by Crippen LogP contribution is 2.27. The number of hydrogen-bond donors (Lipinski definition) is 0. The van der Waals surface area contributed by atoms with Gasteiger partial charge in [-0.15, -0.1) is 0 Å². The van der Waals surface area contributed by atoms with Crippen LogP contribution in [0.5, 0.6) is 0 Å². The minimum Gasteiger partial charge on any atom is -0.340 e. The summed E-state index contributed by atoms with van der Waals surface area (Å²) < 4.78 is 22.3. The third kappa shape index (κ3) is 4.71. The lowest BCUT2D eigenvalue weighted by Gasteiger charge is -2.21. The summed E-state index contributed by atoms with van der Waals surface area (Å²) in [5.41, 5.74) is 0.944. The normalized spacial score (nSPS) is 15.0. The molecule has 6 heteroatoms. The standard InChI is InChI=1S/C15H20ClNO3S/c1-2-11-17(13-6-7-13)15(18)10-5-12-3-8-14(9-4-12)21(16,19)20/h3-4,8-9,13H,2,5-7,10-11H2,1H3. The summed E-state index contributed by atoms with van der Waals surface area (Å²) >= 11 is 0. The number of aryl methyl sites for hydroxylation is 1. The van der Waals surface area contributed by atoms with Crippen LogP contribution in [0.25, 0.3) is 0 Å². The van der Waals surface area contributed by atoms with Crippen LogP contribution in [-0.2, 0) is 20.3 Å². The van der Waals surface area contributed by atoms with Gasteiger partial charge in [0, 0.05) is 29.7 Å². The van der Waals surface area contributed by atoms with Gasteiger partial charge in [-0.1, -0.05) is 19.1 Å². The fourth-order valence-electron chi connectivity index (χ4n) is 2.35. The van der Waals surface area contributed by atoms with E-state index in [9.17, 15) is 13.2 Å². The average Bonchev–Trinajstić information content (AvgIpc) is 3.26. The number of nitrogens with zero attached hydrogens (tertiary/aromatic N) is 1. The van der Waals surface area contributed by atoms with E-state index < -0.39 is 9.05 Å². The summed E-state index contributed by atoms with van der Waals surface area (Å²) in [5, 5.41) is 0. The van der Waals surface area contributed by atoms with Crippen LogP contribution in [0.15, 0.2) is 29.2 Å². The van der Waals surface area contributed by atoms with E-state index >= 15 is 0 Å². The van der Waals surface area contributed by atoms with Gasteiger partial charge < -0.3 is 4.90 Å². The van der Waals surface area contributed by atoms with E-state index in [1.54, 1.807) is 12.1 Å². The first-order valence-electron chi connectivity index (χ1n) is 7.25. The zero-order valence-electron chi connectivity index (χ0n) is 12.1. The van der Waals surface area contributed by atoms with Crippen LogP contribution < -0.4 is 0 Å². The summed E-state index contributed by atoms with van der Waals surface area (Å²) in [6.45, 7) is 2.90. The Morgan fingerprint density at radius 2 is 1.90 bits per heavy atom. The number of rotatable bonds is 7. The van der Waals surface area contributed by atoms with Crippen molar-refractivity contribution < 1.29 is 13.2 Å². The van der Waals surface area contributed by atoms with Crippen LogP contribution in [0.1, 0.15) is 38.2 Å². The highest BCUT2D eigenvalue weighted by atomic mass is 35.7. The molecule has 0 atom stereocenters. The molecule has 1 aromatic carbocycles. The molecule has 0 heterocycles. The first kappa shape index (κ1) is 16.3. The molecular weight excluding hydrogens is 310 g/mol. The van der Waals surface area contributed by atoms with Crippen LogP contribution in [-0.4, -0.2) is 31.8 Å². The highest BCUT2D eigenvalue weighted by Gasteiger charge is 2.31. The van der Waals surface area contributed by atoms with E-state index in [2.05, 4.69) is 6.92 Å². The maximum Gasteiger partial charge on any atom is 0.261 e. The topological polar surface area (TPSA) is 54.5 Å². The molecule has 1 amide bonds. The highest BCUT2D eigenvalue weighted by molar-refractivity contribution is 8.13. The first-order valence-corrected chi connectivity index (χ1v) is 9.56. The molecule has 1 fully saturated rings. The molecule has 0 saturated heterocycles. The smallest absolute Gasteiger partial charge is 0.261 e. The Kier molecular flexibility index (Phi) is 5.27. The Morgan fingerprint density at radius 3 is 2.38 bits per heavy atom. The van der Waals surface area contributed by atoms with E-state index in [4.69, 9.17) is 10.7 Å². The van der Waals surface area contributed by atoms with Gasteiger partial charge in [0.15, 0.2) is 0 Å². The molecule has 0 bridgehead atoms. The number of carbonyl (C=O) groups is 1. The fourth-order valence-corrected chi connectivity index (χ4v) is 3.12. The number of benzene rings is 1. The number of halogens is 1. The molecule has 2 rings (SSSR count). The van der Waals surface area contributed by atoms with Crippen molar-refractivity contribution in [3.05, 3.63) is 29.8 Å². The Labute approximate surface area is 130 Å². The number of hydrogen-bond acceptors (Lipinski definition) is 3. The minimum atomic E-state index is -3.68. The molecule has 1 aromatic rings. The molecule has 0 unspecified atom stereocenters. The monoisotopic (exact) mass is 329 g/mol. The second-order valence-electron chi connectivity index (χ2n) is 5.40. The molecule has 116 valence electrons. The Morgan fingerprint density at radius 1 is 1.29 bits per heavy atom. The summed E-state index contributed by atoms with van der Waals surface area (Å²) in [4.78, 5) is 14.3. The fraction of sp³-hybridized carbons (Fsp3) is 0.533. The third-order valence-electron chi connectivity index (χ3n) is 3.60. The Bertz CT molecular complexity index is 594. The van der Waals surface area contributed by atoms with Gasteiger partial charge in [-0.2, -0.15) is 0 Å². The maximum atomic E-state index is 12.2. The van der Waals surface area contributed by atoms with Gasteiger partial charge in [0.05, 0.1) is 4.90 Å². The predicted octanol–water partition coefficient (Wildman–Crippen LogP) is 2.95.